The summed E-state index contributed by atoms with van der Waals surface area (Å²) in [7, 11) is -2.66. The number of nitrogens with zero attached hydrogens (tertiary/aromatic N) is 2. The molecule has 2 aliphatic rings. The molecule has 0 amide bonds. The van der Waals surface area contributed by atoms with Crippen molar-refractivity contribution in [2.75, 3.05) is 9.80 Å². The van der Waals surface area contributed by atoms with Crippen LogP contribution >= 0.6 is 0 Å². The van der Waals surface area contributed by atoms with E-state index in [1.807, 2.05) is 0 Å². The summed E-state index contributed by atoms with van der Waals surface area (Å²) in [6, 6.07) is 67.5. The minimum atomic E-state index is -2.66. The summed E-state index contributed by atoms with van der Waals surface area (Å²) < 4.78 is 0. The molecule has 0 aromatic heterocycles. The predicted octanol–water partition coefficient (Wildman–Crippen LogP) is 8.96. The van der Waals surface area contributed by atoms with Crippen molar-refractivity contribution < 1.29 is 0 Å². The summed E-state index contributed by atoms with van der Waals surface area (Å²) in [5, 5.41) is 5.60. The van der Waals surface area contributed by atoms with Crippen LogP contribution in [-0.2, 0) is 5.41 Å². The van der Waals surface area contributed by atoms with Crippen molar-refractivity contribution in [2.24, 2.45) is 0 Å². The zero-order chi connectivity index (χ0) is 32.3. The Bertz CT molecular complexity index is 2150. The van der Waals surface area contributed by atoms with E-state index in [1.54, 1.807) is 0 Å². The molecule has 9 rings (SSSR count). The van der Waals surface area contributed by atoms with Crippen molar-refractivity contribution in [1.29, 1.82) is 0 Å². The SMILES string of the molecule is CC1(C)c2ccccc2N(c2cccc(N3c4ccccc4[Si](c4ccccc4)(c4ccccc4)c4ccccc43)c2)c2ccccc21. The summed E-state index contributed by atoms with van der Waals surface area (Å²) in [5.41, 5.74) is 9.83. The number of fused-ring (bicyclic) bond motifs is 4. The average Bonchev–Trinajstić information content (AvgIpc) is 3.15. The Hall–Kier alpha value is -5.64. The second-order valence-electron chi connectivity index (χ2n) is 13.4. The normalized spacial score (nSPS) is 15.1. The third kappa shape index (κ3) is 4.04. The fourth-order valence-electron chi connectivity index (χ4n) is 8.41. The van der Waals surface area contributed by atoms with Crippen LogP contribution in [0.2, 0.25) is 0 Å². The van der Waals surface area contributed by atoms with E-state index in [1.165, 1.54) is 54.6 Å². The van der Waals surface area contributed by atoms with Crippen LogP contribution in [0, 0.1) is 0 Å². The maximum absolute atomic E-state index is 2.66. The monoisotopic (exact) mass is 632 g/mol. The molecule has 3 heteroatoms. The lowest BCUT2D eigenvalue weighted by Crippen LogP contribution is -2.77. The highest BCUT2D eigenvalue weighted by Crippen LogP contribution is 2.52. The van der Waals surface area contributed by atoms with Crippen molar-refractivity contribution in [2.45, 2.75) is 19.3 Å². The molecular weight excluding hydrogens is 597 g/mol. The van der Waals surface area contributed by atoms with Crippen LogP contribution in [-0.4, -0.2) is 8.07 Å². The molecule has 7 aromatic rings. The van der Waals surface area contributed by atoms with Gasteiger partial charge in [-0.15, -0.1) is 0 Å². The van der Waals surface area contributed by atoms with Crippen LogP contribution in [0.3, 0.4) is 0 Å². The molecule has 2 heterocycles. The van der Waals surface area contributed by atoms with Gasteiger partial charge >= 0.3 is 0 Å². The minimum absolute atomic E-state index is 0.102. The Morgan fingerprint density at radius 3 is 1.23 bits per heavy atom. The van der Waals surface area contributed by atoms with Gasteiger partial charge in [0.2, 0.25) is 0 Å². The van der Waals surface area contributed by atoms with E-state index in [0.717, 1.165) is 11.4 Å². The van der Waals surface area contributed by atoms with Gasteiger partial charge in [0.1, 0.15) is 0 Å². The Labute approximate surface area is 284 Å². The third-order valence-electron chi connectivity index (χ3n) is 10.5. The molecule has 2 aliphatic heterocycles. The van der Waals surface area contributed by atoms with E-state index >= 15 is 0 Å². The van der Waals surface area contributed by atoms with Crippen molar-refractivity contribution >= 4 is 62.9 Å². The van der Waals surface area contributed by atoms with Crippen molar-refractivity contribution in [1.82, 2.24) is 0 Å². The first-order chi connectivity index (χ1) is 23.6. The van der Waals surface area contributed by atoms with E-state index in [2.05, 4.69) is 206 Å². The molecule has 0 saturated heterocycles. The number of para-hydroxylation sites is 4. The number of anilines is 6. The molecule has 7 aromatic carbocycles. The molecule has 0 fully saturated rings. The summed E-state index contributed by atoms with van der Waals surface area (Å²) in [6.07, 6.45) is 0. The fraction of sp³-hybridized carbons (Fsp3) is 0.0667. The summed E-state index contributed by atoms with van der Waals surface area (Å²) >= 11 is 0. The second-order valence-corrected chi connectivity index (χ2v) is 17.1. The van der Waals surface area contributed by atoms with Crippen LogP contribution < -0.4 is 30.5 Å². The molecule has 0 atom stereocenters. The molecule has 0 unspecified atom stereocenters. The van der Waals surface area contributed by atoms with Crippen LogP contribution in [0.1, 0.15) is 25.0 Å². The smallest absolute Gasteiger partial charge is 0.184 e. The van der Waals surface area contributed by atoms with Gasteiger partial charge in [-0.2, -0.15) is 0 Å². The quantitative estimate of drug-likeness (QED) is 0.179. The topological polar surface area (TPSA) is 6.48 Å². The lowest BCUT2D eigenvalue weighted by atomic mass is 9.73. The maximum atomic E-state index is 2.50. The first-order valence-electron chi connectivity index (χ1n) is 16.8. The van der Waals surface area contributed by atoms with Gasteiger partial charge in [0.25, 0.3) is 0 Å². The summed E-state index contributed by atoms with van der Waals surface area (Å²) in [5.74, 6) is 0. The highest BCUT2D eigenvalue weighted by molar-refractivity contribution is 7.21. The predicted molar refractivity (Wildman–Crippen MR) is 205 cm³/mol. The van der Waals surface area contributed by atoms with E-state index in [9.17, 15) is 0 Å². The van der Waals surface area contributed by atoms with Gasteiger partial charge in [-0.25, -0.2) is 0 Å². The van der Waals surface area contributed by atoms with E-state index < -0.39 is 8.07 Å². The largest absolute Gasteiger partial charge is 0.311 e. The standard InChI is InChI=1S/C45H36N2Si/c1-45(2)37-24-9-11-26-39(37)46(40-27-12-10-25-38(40)45)33-18-17-19-34(32-33)47-41-28-13-15-30-43(41)48(35-20-5-3-6-21-35,36-22-7-4-8-23-36)44-31-16-14-29-42(44)47/h3-32H,1-2H3. The second kappa shape index (κ2) is 11.0. The highest BCUT2D eigenvalue weighted by Gasteiger charge is 2.48. The number of benzene rings is 7. The fourth-order valence-corrected chi connectivity index (χ4v) is 13.5. The van der Waals surface area contributed by atoms with Crippen molar-refractivity contribution in [3.8, 4) is 0 Å². The van der Waals surface area contributed by atoms with Crippen molar-refractivity contribution in [3.63, 3.8) is 0 Å². The molecule has 230 valence electrons. The lowest BCUT2D eigenvalue weighted by molar-refractivity contribution is 0.632. The maximum Gasteiger partial charge on any atom is 0.184 e. The third-order valence-corrected chi connectivity index (χ3v) is 15.4. The Morgan fingerprint density at radius 1 is 0.375 bits per heavy atom. The molecule has 48 heavy (non-hydrogen) atoms. The minimum Gasteiger partial charge on any atom is -0.311 e. The molecule has 0 radical (unpaired) electrons. The Morgan fingerprint density at radius 2 is 0.750 bits per heavy atom. The van der Waals surface area contributed by atoms with Gasteiger partial charge < -0.3 is 9.80 Å². The zero-order valence-corrected chi connectivity index (χ0v) is 28.2. The molecular formula is C45H36N2Si. The number of hydrogen-bond acceptors (Lipinski definition) is 2. The van der Waals surface area contributed by atoms with Crippen LogP contribution in [0.5, 0.6) is 0 Å². The molecule has 2 nitrogen and oxygen atoms in total. The van der Waals surface area contributed by atoms with Gasteiger partial charge in [-0.1, -0.05) is 153 Å². The average molecular weight is 633 g/mol. The molecule has 0 aliphatic carbocycles. The van der Waals surface area contributed by atoms with E-state index in [4.69, 9.17) is 0 Å². The summed E-state index contributed by atoms with van der Waals surface area (Å²) in [4.78, 5) is 4.95. The first kappa shape index (κ1) is 28.6. The summed E-state index contributed by atoms with van der Waals surface area (Å²) in [6.45, 7) is 4.69. The van der Waals surface area contributed by atoms with Gasteiger partial charge in [0.15, 0.2) is 8.07 Å². The van der Waals surface area contributed by atoms with E-state index in [0.29, 0.717) is 0 Å². The van der Waals surface area contributed by atoms with Gasteiger partial charge in [0, 0.05) is 28.2 Å². The van der Waals surface area contributed by atoms with Gasteiger partial charge in [-0.05, 0) is 74.3 Å². The van der Waals surface area contributed by atoms with Crippen LogP contribution in [0.4, 0.5) is 34.1 Å². The number of rotatable bonds is 4. The molecule has 0 N–H and O–H groups in total. The van der Waals surface area contributed by atoms with Gasteiger partial charge in [-0.3, -0.25) is 0 Å². The Kier molecular flexibility index (Phi) is 6.53. The molecule has 0 saturated carbocycles. The first-order valence-corrected chi connectivity index (χ1v) is 18.8. The lowest BCUT2D eigenvalue weighted by Gasteiger charge is -2.45. The van der Waals surface area contributed by atoms with Crippen molar-refractivity contribution in [3.05, 3.63) is 193 Å². The van der Waals surface area contributed by atoms with Crippen LogP contribution in [0.15, 0.2) is 182 Å². The molecule has 0 bridgehead atoms. The zero-order valence-electron chi connectivity index (χ0n) is 27.2. The Balaban J connectivity index is 1.29. The van der Waals surface area contributed by atoms with E-state index in [-0.39, 0.29) is 5.41 Å². The highest BCUT2D eigenvalue weighted by atomic mass is 28.3. The molecule has 0 spiro atoms. The number of hydrogen-bond donors (Lipinski definition) is 0. The van der Waals surface area contributed by atoms with Crippen LogP contribution in [0.25, 0.3) is 0 Å². The van der Waals surface area contributed by atoms with Gasteiger partial charge in [0.05, 0.1) is 11.4 Å².